The Bertz CT molecular complexity index is 393. The van der Waals surface area contributed by atoms with Gasteiger partial charge in [0.2, 0.25) is 0 Å². The number of nitrogens with one attached hydrogen (secondary N) is 1. The van der Waals surface area contributed by atoms with Gasteiger partial charge < -0.3 is 5.32 Å². The topological polar surface area (TPSA) is 15.3 Å². The molecule has 1 aliphatic carbocycles. The van der Waals surface area contributed by atoms with Crippen LogP contribution in [0.3, 0.4) is 0 Å². The molecule has 0 bridgehead atoms. The van der Waals surface area contributed by atoms with Gasteiger partial charge >= 0.3 is 0 Å². The Balaban J connectivity index is 0.000000902. The van der Waals surface area contributed by atoms with Crippen molar-refractivity contribution in [2.45, 2.75) is 18.9 Å². The van der Waals surface area contributed by atoms with Gasteiger partial charge in [-0.05, 0) is 36.5 Å². The third-order valence-corrected chi connectivity index (χ3v) is 4.30. The van der Waals surface area contributed by atoms with E-state index in [4.69, 9.17) is 0 Å². The predicted octanol–water partition coefficient (Wildman–Crippen LogP) is 3.65. The van der Waals surface area contributed by atoms with E-state index in [0.29, 0.717) is 6.04 Å². The van der Waals surface area contributed by atoms with Gasteiger partial charge in [-0.1, -0.05) is 28.1 Å². The van der Waals surface area contributed by atoms with E-state index in [1.54, 1.807) is 0 Å². The zero-order chi connectivity index (χ0) is 11.7. The first kappa shape index (κ1) is 17.3. The van der Waals surface area contributed by atoms with Crippen LogP contribution in [0.1, 0.15) is 24.4 Å². The lowest BCUT2D eigenvalue weighted by molar-refractivity contribution is 0.156. The van der Waals surface area contributed by atoms with Crippen molar-refractivity contribution in [1.82, 2.24) is 10.2 Å². The highest BCUT2D eigenvalue weighted by molar-refractivity contribution is 9.10. The van der Waals surface area contributed by atoms with Crippen molar-refractivity contribution in [2.75, 3.05) is 26.2 Å². The van der Waals surface area contributed by atoms with Crippen LogP contribution in [-0.2, 0) is 0 Å². The second-order valence-electron chi connectivity index (χ2n) is 5.12. The van der Waals surface area contributed by atoms with E-state index in [-0.39, 0.29) is 24.8 Å². The summed E-state index contributed by atoms with van der Waals surface area (Å²) >= 11 is 3.59. The van der Waals surface area contributed by atoms with Gasteiger partial charge in [0.15, 0.2) is 0 Å². The summed E-state index contributed by atoms with van der Waals surface area (Å²) in [6.07, 6.45) is 2.81. The fraction of sp³-hybridized carbons (Fsp3) is 0.571. The molecule has 0 spiro atoms. The van der Waals surface area contributed by atoms with Gasteiger partial charge in [0.05, 0.1) is 0 Å². The van der Waals surface area contributed by atoms with Gasteiger partial charge in [0, 0.05) is 36.7 Å². The van der Waals surface area contributed by atoms with E-state index in [9.17, 15) is 0 Å². The maximum absolute atomic E-state index is 3.59. The van der Waals surface area contributed by atoms with Gasteiger partial charge in [-0.15, -0.1) is 24.8 Å². The summed E-state index contributed by atoms with van der Waals surface area (Å²) in [5.74, 6) is 0.891. The Labute approximate surface area is 136 Å². The van der Waals surface area contributed by atoms with E-state index in [0.717, 1.165) is 19.0 Å². The molecule has 2 nitrogen and oxygen atoms in total. The van der Waals surface area contributed by atoms with E-state index in [1.165, 1.54) is 36.0 Å². The number of piperazine rings is 1. The standard InChI is InChI=1S/C14H19BrN2.2ClH/c15-13-3-1-2-12(10-13)14(11-4-5-11)17-8-6-16-7-9-17;;/h1-3,10-11,14,16H,4-9H2;2*1H/t14-;;/m1../s1. The molecule has 1 N–H and O–H groups in total. The smallest absolute Gasteiger partial charge is 0.0377 e. The minimum absolute atomic E-state index is 0. The number of rotatable bonds is 3. The third-order valence-electron chi connectivity index (χ3n) is 3.80. The SMILES string of the molecule is Brc1cccc([C@@H](C2CC2)N2CCNCC2)c1.Cl.Cl. The first-order chi connectivity index (χ1) is 8.34. The summed E-state index contributed by atoms with van der Waals surface area (Å²) in [7, 11) is 0. The number of hydrogen-bond acceptors (Lipinski definition) is 2. The van der Waals surface area contributed by atoms with E-state index in [1.807, 2.05) is 0 Å². The lowest BCUT2D eigenvalue weighted by Crippen LogP contribution is -2.45. The number of halogens is 3. The Morgan fingerprint density at radius 2 is 1.84 bits per heavy atom. The molecular formula is C14H21BrCl2N2. The summed E-state index contributed by atoms with van der Waals surface area (Å²) in [6, 6.07) is 9.51. The van der Waals surface area contributed by atoms with E-state index in [2.05, 4.69) is 50.4 Å². The molecule has 2 fully saturated rings. The van der Waals surface area contributed by atoms with Gasteiger partial charge in [-0.3, -0.25) is 4.90 Å². The molecule has 1 saturated carbocycles. The van der Waals surface area contributed by atoms with Crippen molar-refractivity contribution in [3.05, 3.63) is 34.3 Å². The fourth-order valence-electron chi connectivity index (χ4n) is 2.84. The molecule has 5 heteroatoms. The minimum Gasteiger partial charge on any atom is -0.314 e. The lowest BCUT2D eigenvalue weighted by atomic mass is 10.00. The van der Waals surface area contributed by atoms with Gasteiger partial charge in [0.25, 0.3) is 0 Å². The van der Waals surface area contributed by atoms with Gasteiger partial charge in [0.1, 0.15) is 0 Å². The average molecular weight is 368 g/mol. The summed E-state index contributed by atoms with van der Waals surface area (Å²) < 4.78 is 1.20. The molecule has 108 valence electrons. The van der Waals surface area contributed by atoms with Crippen molar-refractivity contribution in [1.29, 1.82) is 0 Å². The third kappa shape index (κ3) is 4.33. The van der Waals surface area contributed by atoms with Crippen LogP contribution in [0.15, 0.2) is 28.7 Å². The second-order valence-corrected chi connectivity index (χ2v) is 6.04. The number of benzene rings is 1. The van der Waals surface area contributed by atoms with Gasteiger partial charge in [-0.25, -0.2) is 0 Å². The summed E-state index contributed by atoms with van der Waals surface area (Å²) in [4.78, 5) is 2.66. The molecule has 1 heterocycles. The molecule has 0 amide bonds. The number of nitrogens with zero attached hydrogens (tertiary/aromatic N) is 1. The maximum atomic E-state index is 3.59. The molecular weight excluding hydrogens is 347 g/mol. The molecule has 1 aromatic rings. The Kier molecular flexibility index (Phi) is 7.12. The molecule has 19 heavy (non-hydrogen) atoms. The first-order valence-corrected chi connectivity index (χ1v) is 7.34. The molecule has 0 radical (unpaired) electrons. The summed E-state index contributed by atoms with van der Waals surface area (Å²) in [6.45, 7) is 4.65. The first-order valence-electron chi connectivity index (χ1n) is 6.55. The van der Waals surface area contributed by atoms with E-state index < -0.39 is 0 Å². The highest BCUT2D eigenvalue weighted by Crippen LogP contribution is 2.44. The largest absolute Gasteiger partial charge is 0.314 e. The summed E-state index contributed by atoms with van der Waals surface area (Å²) in [5.41, 5.74) is 1.49. The quantitative estimate of drug-likeness (QED) is 0.877. The van der Waals surface area contributed by atoms with Crippen LogP contribution >= 0.6 is 40.7 Å². The Morgan fingerprint density at radius 1 is 1.16 bits per heavy atom. The molecule has 0 unspecified atom stereocenters. The normalized spacial score (nSPS) is 21.1. The Hall–Kier alpha value is 0.200. The lowest BCUT2D eigenvalue weighted by Gasteiger charge is -2.35. The molecule has 1 saturated heterocycles. The van der Waals surface area contributed by atoms with Crippen LogP contribution in [0.25, 0.3) is 0 Å². The second kappa shape index (κ2) is 7.84. The maximum Gasteiger partial charge on any atom is 0.0377 e. The van der Waals surface area contributed by atoms with Crippen LogP contribution in [0.4, 0.5) is 0 Å². The summed E-state index contributed by atoms with van der Waals surface area (Å²) in [5, 5.41) is 3.44. The van der Waals surface area contributed by atoms with Crippen LogP contribution < -0.4 is 5.32 Å². The van der Waals surface area contributed by atoms with Crippen LogP contribution in [-0.4, -0.2) is 31.1 Å². The highest BCUT2D eigenvalue weighted by Gasteiger charge is 2.36. The number of hydrogen-bond donors (Lipinski definition) is 1. The molecule has 2 aliphatic rings. The monoisotopic (exact) mass is 366 g/mol. The molecule has 1 aromatic carbocycles. The molecule has 3 rings (SSSR count). The molecule has 1 aliphatic heterocycles. The molecule has 1 atom stereocenters. The van der Waals surface area contributed by atoms with Crippen molar-refractivity contribution >= 4 is 40.7 Å². The van der Waals surface area contributed by atoms with Crippen LogP contribution in [0, 0.1) is 5.92 Å². The van der Waals surface area contributed by atoms with Crippen molar-refractivity contribution in [3.63, 3.8) is 0 Å². The van der Waals surface area contributed by atoms with Gasteiger partial charge in [-0.2, -0.15) is 0 Å². The van der Waals surface area contributed by atoms with Crippen LogP contribution in [0.5, 0.6) is 0 Å². The molecule has 0 aromatic heterocycles. The zero-order valence-electron chi connectivity index (χ0n) is 10.8. The van der Waals surface area contributed by atoms with Crippen molar-refractivity contribution < 1.29 is 0 Å². The van der Waals surface area contributed by atoms with E-state index >= 15 is 0 Å². The zero-order valence-corrected chi connectivity index (χ0v) is 14.1. The average Bonchev–Trinajstić information content (AvgIpc) is 3.15. The Morgan fingerprint density at radius 3 is 2.42 bits per heavy atom. The van der Waals surface area contributed by atoms with Crippen molar-refractivity contribution in [2.24, 2.45) is 5.92 Å². The highest BCUT2D eigenvalue weighted by atomic mass is 79.9. The fourth-order valence-corrected chi connectivity index (χ4v) is 3.26. The minimum atomic E-state index is 0. The van der Waals surface area contributed by atoms with Crippen LogP contribution in [0.2, 0.25) is 0 Å². The van der Waals surface area contributed by atoms with Crippen molar-refractivity contribution in [3.8, 4) is 0 Å². The predicted molar refractivity (Wildman–Crippen MR) is 88.5 cm³/mol.